The topological polar surface area (TPSA) is 33.7 Å². The van der Waals surface area contributed by atoms with E-state index in [1.54, 1.807) is 6.07 Å². The number of benzene rings is 3. The van der Waals surface area contributed by atoms with Crippen LogP contribution >= 0.6 is 23.2 Å². The standard InChI is InChI=1S/C22H20Cl2N2O2/c23-21-8-7-17(10-22(21)24)13-27-20-6-2-5-19(11-20)18-4-1-3-16(9-18)12-26-14-25-15-28-26/h1-11,25H,12-15H2. The summed E-state index contributed by atoms with van der Waals surface area (Å²) in [5.74, 6) is 0.807. The predicted octanol–water partition coefficient (Wildman–Crippen LogP) is 5.49. The van der Waals surface area contributed by atoms with Crippen LogP contribution in [0.3, 0.4) is 0 Å². The van der Waals surface area contributed by atoms with Gasteiger partial charge in [-0.2, -0.15) is 5.06 Å². The highest BCUT2D eigenvalue weighted by Crippen LogP contribution is 2.27. The van der Waals surface area contributed by atoms with Crippen molar-refractivity contribution >= 4 is 23.2 Å². The van der Waals surface area contributed by atoms with E-state index in [2.05, 4.69) is 35.6 Å². The fourth-order valence-corrected chi connectivity index (χ4v) is 3.39. The molecule has 3 aromatic rings. The van der Waals surface area contributed by atoms with Gasteiger partial charge in [-0.15, -0.1) is 0 Å². The van der Waals surface area contributed by atoms with E-state index in [4.69, 9.17) is 32.8 Å². The lowest BCUT2D eigenvalue weighted by Crippen LogP contribution is -2.20. The second kappa shape index (κ2) is 8.95. The molecule has 1 fully saturated rings. The Hall–Kier alpha value is -2.08. The molecule has 0 aliphatic carbocycles. The Kier molecular flexibility index (Phi) is 6.15. The Labute approximate surface area is 174 Å². The van der Waals surface area contributed by atoms with E-state index < -0.39 is 0 Å². The Morgan fingerprint density at radius 3 is 2.50 bits per heavy atom. The molecule has 0 unspecified atom stereocenters. The molecule has 1 aliphatic heterocycles. The third-order valence-corrected chi connectivity index (χ3v) is 5.22. The SMILES string of the molecule is Clc1ccc(COc2cccc(-c3cccc(CN4CNCO4)c3)c2)cc1Cl. The fraction of sp³-hybridized carbons (Fsp3) is 0.182. The summed E-state index contributed by atoms with van der Waals surface area (Å²) >= 11 is 12.0. The van der Waals surface area contributed by atoms with E-state index in [0.717, 1.165) is 35.7 Å². The highest BCUT2D eigenvalue weighted by molar-refractivity contribution is 6.42. The Bertz CT molecular complexity index is 959. The number of hydroxylamine groups is 2. The smallest absolute Gasteiger partial charge is 0.120 e. The van der Waals surface area contributed by atoms with Gasteiger partial charge in [0.15, 0.2) is 0 Å². The molecule has 0 atom stereocenters. The minimum atomic E-state index is 0.430. The predicted molar refractivity (Wildman–Crippen MR) is 112 cm³/mol. The van der Waals surface area contributed by atoms with Crippen molar-refractivity contribution < 1.29 is 9.57 Å². The van der Waals surface area contributed by atoms with Gasteiger partial charge in [0.1, 0.15) is 19.1 Å². The van der Waals surface area contributed by atoms with Crippen LogP contribution < -0.4 is 10.1 Å². The van der Waals surface area contributed by atoms with Crippen LogP contribution in [0.1, 0.15) is 11.1 Å². The first-order chi connectivity index (χ1) is 13.7. The largest absolute Gasteiger partial charge is 0.489 e. The van der Waals surface area contributed by atoms with Crippen LogP contribution in [0.25, 0.3) is 11.1 Å². The summed E-state index contributed by atoms with van der Waals surface area (Å²) in [6.07, 6.45) is 0. The molecule has 4 rings (SSSR count). The molecule has 1 heterocycles. The number of rotatable bonds is 6. The summed E-state index contributed by atoms with van der Waals surface area (Å²) < 4.78 is 5.95. The van der Waals surface area contributed by atoms with Gasteiger partial charge in [-0.25, -0.2) is 0 Å². The molecule has 0 saturated carbocycles. The van der Waals surface area contributed by atoms with Crippen LogP contribution in [0, 0.1) is 0 Å². The van der Waals surface area contributed by atoms with Gasteiger partial charge in [0.2, 0.25) is 0 Å². The van der Waals surface area contributed by atoms with Crippen molar-refractivity contribution in [1.82, 2.24) is 10.4 Å². The maximum Gasteiger partial charge on any atom is 0.120 e. The molecular weight excluding hydrogens is 395 g/mol. The van der Waals surface area contributed by atoms with Crippen molar-refractivity contribution in [3.05, 3.63) is 87.9 Å². The average Bonchev–Trinajstić information content (AvgIpc) is 3.22. The van der Waals surface area contributed by atoms with Crippen molar-refractivity contribution in [1.29, 1.82) is 0 Å². The van der Waals surface area contributed by atoms with Gasteiger partial charge in [0.25, 0.3) is 0 Å². The lowest BCUT2D eigenvalue weighted by Gasteiger charge is -2.14. The molecule has 1 saturated heterocycles. The van der Waals surface area contributed by atoms with Crippen LogP contribution in [-0.2, 0) is 18.0 Å². The van der Waals surface area contributed by atoms with Crippen molar-refractivity contribution in [3.63, 3.8) is 0 Å². The van der Waals surface area contributed by atoms with Gasteiger partial charge in [-0.1, -0.05) is 59.6 Å². The minimum absolute atomic E-state index is 0.430. The number of ether oxygens (including phenoxy) is 1. The fourth-order valence-electron chi connectivity index (χ4n) is 3.07. The van der Waals surface area contributed by atoms with Crippen molar-refractivity contribution in [2.24, 2.45) is 0 Å². The first kappa shape index (κ1) is 19.2. The highest BCUT2D eigenvalue weighted by Gasteiger charge is 2.12. The highest BCUT2D eigenvalue weighted by atomic mass is 35.5. The number of nitrogens with zero attached hydrogens (tertiary/aromatic N) is 1. The lowest BCUT2D eigenvalue weighted by molar-refractivity contribution is -0.117. The molecule has 0 aromatic heterocycles. The Morgan fingerprint density at radius 2 is 1.71 bits per heavy atom. The molecule has 3 aromatic carbocycles. The first-order valence-corrected chi connectivity index (χ1v) is 9.78. The Balaban J connectivity index is 1.46. The summed E-state index contributed by atoms with van der Waals surface area (Å²) in [7, 11) is 0. The molecule has 144 valence electrons. The summed E-state index contributed by atoms with van der Waals surface area (Å²) in [6.45, 7) is 2.48. The van der Waals surface area contributed by atoms with Crippen molar-refractivity contribution in [3.8, 4) is 16.9 Å². The zero-order valence-electron chi connectivity index (χ0n) is 15.2. The lowest BCUT2D eigenvalue weighted by atomic mass is 10.0. The quantitative estimate of drug-likeness (QED) is 0.577. The van der Waals surface area contributed by atoms with Gasteiger partial charge in [-0.3, -0.25) is 10.2 Å². The molecule has 4 nitrogen and oxygen atoms in total. The molecule has 28 heavy (non-hydrogen) atoms. The van der Waals surface area contributed by atoms with Gasteiger partial charge >= 0.3 is 0 Å². The second-order valence-electron chi connectivity index (χ2n) is 6.59. The zero-order valence-corrected chi connectivity index (χ0v) is 16.7. The van der Waals surface area contributed by atoms with Crippen LogP contribution in [0.2, 0.25) is 10.0 Å². The number of nitrogens with one attached hydrogen (secondary N) is 1. The van der Waals surface area contributed by atoms with Gasteiger partial charge in [-0.05, 0) is 52.6 Å². The molecule has 1 aliphatic rings. The van der Waals surface area contributed by atoms with Crippen molar-refractivity contribution in [2.75, 3.05) is 13.4 Å². The van der Waals surface area contributed by atoms with Crippen LogP contribution in [0.15, 0.2) is 66.7 Å². The maximum absolute atomic E-state index is 6.07. The van der Waals surface area contributed by atoms with Crippen LogP contribution in [0.5, 0.6) is 5.75 Å². The molecular formula is C22H20Cl2N2O2. The molecule has 1 N–H and O–H groups in total. The minimum Gasteiger partial charge on any atom is -0.489 e. The molecule has 0 radical (unpaired) electrons. The van der Waals surface area contributed by atoms with Crippen LogP contribution in [-0.4, -0.2) is 18.5 Å². The van der Waals surface area contributed by atoms with E-state index in [1.807, 2.05) is 35.4 Å². The van der Waals surface area contributed by atoms with Gasteiger partial charge < -0.3 is 4.74 Å². The number of halogens is 2. The van der Waals surface area contributed by atoms with E-state index in [-0.39, 0.29) is 0 Å². The van der Waals surface area contributed by atoms with Gasteiger partial charge in [0, 0.05) is 0 Å². The monoisotopic (exact) mass is 414 g/mol. The summed E-state index contributed by atoms with van der Waals surface area (Å²) in [5, 5.41) is 6.14. The zero-order chi connectivity index (χ0) is 19.3. The van der Waals surface area contributed by atoms with Gasteiger partial charge in [0.05, 0.1) is 23.3 Å². The maximum atomic E-state index is 6.07. The first-order valence-electron chi connectivity index (χ1n) is 9.02. The summed E-state index contributed by atoms with van der Waals surface area (Å²) in [5.41, 5.74) is 4.42. The Morgan fingerprint density at radius 1 is 0.893 bits per heavy atom. The van der Waals surface area contributed by atoms with E-state index in [0.29, 0.717) is 23.4 Å². The average molecular weight is 415 g/mol. The van der Waals surface area contributed by atoms with E-state index in [1.165, 1.54) is 5.56 Å². The normalized spacial score (nSPS) is 14.4. The summed E-state index contributed by atoms with van der Waals surface area (Å²) in [6, 6.07) is 22.1. The summed E-state index contributed by atoms with van der Waals surface area (Å²) in [4.78, 5) is 5.50. The van der Waals surface area contributed by atoms with E-state index in [9.17, 15) is 0 Å². The number of hydrogen-bond donors (Lipinski definition) is 1. The third kappa shape index (κ3) is 4.85. The molecule has 6 heteroatoms. The molecule has 0 spiro atoms. The van der Waals surface area contributed by atoms with E-state index >= 15 is 0 Å². The molecule has 0 bridgehead atoms. The molecule has 0 amide bonds. The number of hydrogen-bond acceptors (Lipinski definition) is 4. The van der Waals surface area contributed by atoms with Crippen molar-refractivity contribution in [2.45, 2.75) is 13.2 Å². The second-order valence-corrected chi connectivity index (χ2v) is 7.40. The van der Waals surface area contributed by atoms with Crippen LogP contribution in [0.4, 0.5) is 0 Å². The third-order valence-electron chi connectivity index (χ3n) is 4.48.